The van der Waals surface area contributed by atoms with E-state index in [1.54, 1.807) is 30.9 Å². The second-order valence-corrected chi connectivity index (χ2v) is 7.95. The van der Waals surface area contributed by atoms with Gasteiger partial charge in [-0.2, -0.15) is 5.10 Å². The van der Waals surface area contributed by atoms with Gasteiger partial charge in [0.15, 0.2) is 0 Å². The van der Waals surface area contributed by atoms with Crippen molar-refractivity contribution < 1.29 is 18.0 Å². The summed E-state index contributed by atoms with van der Waals surface area (Å²) in [6.07, 6.45) is 8.21. The molecule has 4 aromatic rings. The molecular formula is C24H21F3N6O. The number of carbonyl (C=O) groups excluding carboxylic acids is 1. The maximum Gasteiger partial charge on any atom is 0.272 e. The Morgan fingerprint density at radius 2 is 1.82 bits per heavy atom. The Balaban J connectivity index is 1.43. The van der Waals surface area contributed by atoms with Crippen molar-refractivity contribution in [2.75, 3.05) is 5.32 Å². The molecule has 0 fully saturated rings. The second-order valence-electron chi connectivity index (χ2n) is 7.95. The van der Waals surface area contributed by atoms with Crippen molar-refractivity contribution in [1.82, 2.24) is 25.1 Å². The zero-order valence-corrected chi connectivity index (χ0v) is 18.4. The number of rotatable bonds is 7. The fourth-order valence-corrected chi connectivity index (χ4v) is 3.45. The minimum Gasteiger partial charge on any atom is -0.324 e. The molecule has 174 valence electrons. The van der Waals surface area contributed by atoms with Gasteiger partial charge in [0, 0.05) is 48.8 Å². The third-order valence-corrected chi connectivity index (χ3v) is 5.20. The molecule has 7 nitrogen and oxygen atoms in total. The van der Waals surface area contributed by atoms with Crippen LogP contribution in [0.25, 0.3) is 11.1 Å². The highest BCUT2D eigenvalue weighted by Crippen LogP contribution is 2.30. The van der Waals surface area contributed by atoms with Gasteiger partial charge in [-0.1, -0.05) is 12.1 Å². The minimum atomic E-state index is -3.10. The fourth-order valence-electron chi connectivity index (χ4n) is 3.45. The van der Waals surface area contributed by atoms with E-state index in [0.29, 0.717) is 23.4 Å². The predicted octanol–water partition coefficient (Wildman–Crippen LogP) is 4.59. The number of halogens is 3. The van der Waals surface area contributed by atoms with E-state index in [9.17, 15) is 18.0 Å². The zero-order valence-electron chi connectivity index (χ0n) is 18.4. The summed E-state index contributed by atoms with van der Waals surface area (Å²) >= 11 is 0. The van der Waals surface area contributed by atoms with Crippen molar-refractivity contribution >= 4 is 11.6 Å². The summed E-state index contributed by atoms with van der Waals surface area (Å²) in [4.78, 5) is 24.9. The van der Waals surface area contributed by atoms with E-state index in [-0.39, 0.29) is 28.9 Å². The van der Waals surface area contributed by atoms with Crippen LogP contribution in [0.3, 0.4) is 0 Å². The van der Waals surface area contributed by atoms with Crippen LogP contribution in [0.4, 0.5) is 18.9 Å². The predicted molar refractivity (Wildman–Crippen MR) is 120 cm³/mol. The third kappa shape index (κ3) is 5.45. The molecule has 4 rings (SSSR count). The average Bonchev–Trinajstić information content (AvgIpc) is 3.29. The lowest BCUT2D eigenvalue weighted by Crippen LogP contribution is -2.17. The number of aromatic amines is 1. The van der Waals surface area contributed by atoms with Gasteiger partial charge >= 0.3 is 0 Å². The van der Waals surface area contributed by atoms with Crippen molar-refractivity contribution in [3.8, 4) is 11.1 Å². The summed E-state index contributed by atoms with van der Waals surface area (Å²) in [5.41, 5.74) is 2.32. The first-order chi connectivity index (χ1) is 16.2. The summed E-state index contributed by atoms with van der Waals surface area (Å²) in [5.74, 6) is -3.61. The molecular weight excluding hydrogens is 445 g/mol. The van der Waals surface area contributed by atoms with Crippen LogP contribution in [0, 0.1) is 12.7 Å². The SMILES string of the molecule is Cc1ncc(NC(=O)Cc2ccc(-c3cnc(Cc4cn[nH]c4)nc3)cc2F)cc1C(C)(F)F. The Morgan fingerprint density at radius 1 is 1.06 bits per heavy atom. The normalized spacial score (nSPS) is 11.4. The summed E-state index contributed by atoms with van der Waals surface area (Å²) in [5, 5.41) is 9.11. The van der Waals surface area contributed by atoms with Crippen molar-refractivity contribution in [2.24, 2.45) is 0 Å². The van der Waals surface area contributed by atoms with Crippen LogP contribution in [-0.2, 0) is 23.6 Å². The molecule has 1 amide bonds. The summed E-state index contributed by atoms with van der Waals surface area (Å²) in [6.45, 7) is 2.23. The fraction of sp³-hybridized carbons (Fsp3) is 0.208. The van der Waals surface area contributed by atoms with E-state index in [1.165, 1.54) is 31.3 Å². The van der Waals surface area contributed by atoms with E-state index < -0.39 is 17.6 Å². The first-order valence-electron chi connectivity index (χ1n) is 10.4. The zero-order chi connectivity index (χ0) is 24.3. The van der Waals surface area contributed by atoms with Crippen LogP contribution in [0.15, 0.2) is 55.2 Å². The van der Waals surface area contributed by atoms with Crippen molar-refractivity contribution in [2.45, 2.75) is 32.6 Å². The standard InChI is InChI=1S/C24H21F3N6O/c1-14-20(24(2,26)27)8-19(13-28-14)33-23(34)7-17-4-3-16(6-21(17)25)18-11-29-22(30-12-18)5-15-9-31-32-10-15/h3-4,6,8-13H,5,7H2,1-2H3,(H,31,32)(H,33,34). The van der Waals surface area contributed by atoms with E-state index in [1.807, 2.05) is 0 Å². The van der Waals surface area contributed by atoms with Gasteiger partial charge in [0.25, 0.3) is 5.92 Å². The number of anilines is 1. The van der Waals surface area contributed by atoms with Crippen LogP contribution in [0.1, 0.15) is 35.1 Å². The Bertz CT molecular complexity index is 1300. The quantitative estimate of drug-likeness (QED) is 0.415. The summed E-state index contributed by atoms with van der Waals surface area (Å²) < 4.78 is 42.1. The number of nitrogens with zero attached hydrogens (tertiary/aromatic N) is 4. The molecule has 0 saturated heterocycles. The Kier molecular flexibility index (Phi) is 6.40. The molecule has 0 spiro atoms. The molecule has 0 aliphatic carbocycles. The van der Waals surface area contributed by atoms with Crippen molar-refractivity contribution in [1.29, 1.82) is 0 Å². The molecule has 0 unspecified atom stereocenters. The number of hydrogen-bond acceptors (Lipinski definition) is 5. The van der Waals surface area contributed by atoms with Crippen molar-refractivity contribution in [3.63, 3.8) is 0 Å². The number of benzene rings is 1. The van der Waals surface area contributed by atoms with Crippen molar-refractivity contribution in [3.05, 3.63) is 89.3 Å². The monoisotopic (exact) mass is 466 g/mol. The summed E-state index contributed by atoms with van der Waals surface area (Å²) in [7, 11) is 0. The lowest BCUT2D eigenvalue weighted by molar-refractivity contribution is -0.115. The maximum absolute atomic E-state index is 14.7. The summed E-state index contributed by atoms with van der Waals surface area (Å²) in [6, 6.07) is 5.65. The smallest absolute Gasteiger partial charge is 0.272 e. The number of amides is 1. The van der Waals surface area contributed by atoms with Gasteiger partial charge < -0.3 is 5.32 Å². The molecule has 2 N–H and O–H groups in total. The molecule has 3 aromatic heterocycles. The lowest BCUT2D eigenvalue weighted by Gasteiger charge is -2.15. The molecule has 0 saturated carbocycles. The number of H-pyrrole nitrogens is 1. The lowest BCUT2D eigenvalue weighted by atomic mass is 10.0. The molecule has 0 atom stereocenters. The van der Waals surface area contributed by atoms with Crippen LogP contribution in [-0.4, -0.2) is 31.1 Å². The van der Waals surface area contributed by atoms with E-state index in [2.05, 4.69) is 30.5 Å². The number of nitrogens with one attached hydrogen (secondary N) is 2. The van der Waals surface area contributed by atoms with E-state index in [4.69, 9.17) is 0 Å². The topological polar surface area (TPSA) is 96.5 Å². The van der Waals surface area contributed by atoms with E-state index in [0.717, 1.165) is 12.5 Å². The highest BCUT2D eigenvalue weighted by molar-refractivity contribution is 5.92. The van der Waals surface area contributed by atoms with Crippen LogP contribution < -0.4 is 5.32 Å². The Labute approximate surface area is 193 Å². The first kappa shape index (κ1) is 23.1. The molecule has 1 aromatic carbocycles. The number of aromatic nitrogens is 5. The van der Waals surface area contributed by atoms with Gasteiger partial charge in [0.1, 0.15) is 11.6 Å². The second kappa shape index (κ2) is 9.42. The highest BCUT2D eigenvalue weighted by atomic mass is 19.3. The molecule has 34 heavy (non-hydrogen) atoms. The average molecular weight is 466 g/mol. The number of pyridine rings is 1. The molecule has 10 heteroatoms. The van der Waals surface area contributed by atoms with Gasteiger partial charge in [-0.05, 0) is 35.7 Å². The van der Waals surface area contributed by atoms with Gasteiger partial charge in [0.2, 0.25) is 5.91 Å². The van der Waals surface area contributed by atoms with Crippen LogP contribution >= 0.6 is 0 Å². The van der Waals surface area contributed by atoms with Crippen LogP contribution in [0.5, 0.6) is 0 Å². The first-order valence-corrected chi connectivity index (χ1v) is 10.4. The number of carbonyl (C=O) groups is 1. The number of alkyl halides is 2. The molecule has 0 aliphatic rings. The number of aryl methyl sites for hydroxylation is 1. The largest absolute Gasteiger partial charge is 0.324 e. The van der Waals surface area contributed by atoms with Gasteiger partial charge in [0.05, 0.1) is 24.5 Å². The molecule has 0 aliphatic heterocycles. The minimum absolute atomic E-state index is 0.122. The van der Waals surface area contributed by atoms with Crippen LogP contribution in [0.2, 0.25) is 0 Å². The van der Waals surface area contributed by atoms with E-state index >= 15 is 0 Å². The highest BCUT2D eigenvalue weighted by Gasteiger charge is 2.27. The number of hydrogen-bond donors (Lipinski definition) is 2. The molecule has 0 bridgehead atoms. The molecule has 0 radical (unpaired) electrons. The molecule has 3 heterocycles. The Hall–Kier alpha value is -4.08. The third-order valence-electron chi connectivity index (χ3n) is 5.20. The maximum atomic E-state index is 14.7. The van der Waals surface area contributed by atoms with Gasteiger partial charge in [-0.25, -0.2) is 23.1 Å². The van der Waals surface area contributed by atoms with Gasteiger partial charge in [-0.15, -0.1) is 0 Å². The van der Waals surface area contributed by atoms with Gasteiger partial charge in [-0.3, -0.25) is 14.9 Å². The Morgan fingerprint density at radius 3 is 2.47 bits per heavy atom.